The molecule has 1 aromatic rings. The van der Waals surface area contributed by atoms with E-state index in [9.17, 15) is 20.3 Å². The summed E-state index contributed by atoms with van der Waals surface area (Å²) < 4.78 is 0. The Morgan fingerprint density at radius 1 is 1.47 bits per heavy atom. The summed E-state index contributed by atoms with van der Waals surface area (Å²) in [5.41, 5.74) is -0.0874. The smallest absolute Gasteiger partial charge is 0.273 e. The standard InChI is InChI=1S/C10H11NO4/c12-6-10(3-4-10)8-5-7(13)1-2-9(8)11(14)15/h1-2,5,12-13H,3-4,6H2. The van der Waals surface area contributed by atoms with Crippen LogP contribution in [0.4, 0.5) is 5.69 Å². The van der Waals surface area contributed by atoms with Gasteiger partial charge in [0.1, 0.15) is 5.75 Å². The van der Waals surface area contributed by atoms with Crippen molar-refractivity contribution >= 4 is 5.69 Å². The van der Waals surface area contributed by atoms with Crippen LogP contribution in [0.5, 0.6) is 5.75 Å². The van der Waals surface area contributed by atoms with E-state index < -0.39 is 10.3 Å². The largest absolute Gasteiger partial charge is 0.508 e. The van der Waals surface area contributed by atoms with Crippen LogP contribution in [0.3, 0.4) is 0 Å². The van der Waals surface area contributed by atoms with Crippen LogP contribution in [0.15, 0.2) is 18.2 Å². The monoisotopic (exact) mass is 209 g/mol. The van der Waals surface area contributed by atoms with Crippen molar-refractivity contribution in [2.24, 2.45) is 0 Å². The maximum Gasteiger partial charge on any atom is 0.273 e. The van der Waals surface area contributed by atoms with Gasteiger partial charge in [0, 0.05) is 17.0 Å². The minimum atomic E-state index is -0.499. The number of aromatic hydroxyl groups is 1. The zero-order valence-corrected chi connectivity index (χ0v) is 8.01. The zero-order valence-electron chi connectivity index (χ0n) is 8.01. The van der Waals surface area contributed by atoms with E-state index in [2.05, 4.69) is 0 Å². The van der Waals surface area contributed by atoms with Gasteiger partial charge in [0.2, 0.25) is 0 Å². The number of phenols is 1. The Morgan fingerprint density at radius 2 is 2.13 bits per heavy atom. The maximum atomic E-state index is 10.8. The van der Waals surface area contributed by atoms with E-state index in [1.807, 2.05) is 0 Å². The van der Waals surface area contributed by atoms with E-state index in [1.54, 1.807) is 0 Å². The molecule has 0 unspecified atom stereocenters. The van der Waals surface area contributed by atoms with Crippen LogP contribution in [-0.2, 0) is 5.41 Å². The Morgan fingerprint density at radius 3 is 2.60 bits per heavy atom. The average molecular weight is 209 g/mol. The quantitative estimate of drug-likeness (QED) is 0.581. The topological polar surface area (TPSA) is 83.6 Å². The zero-order chi connectivity index (χ0) is 11.1. The fourth-order valence-electron chi connectivity index (χ4n) is 1.77. The molecule has 5 nitrogen and oxygen atoms in total. The van der Waals surface area contributed by atoms with Crippen LogP contribution >= 0.6 is 0 Å². The van der Waals surface area contributed by atoms with Crippen molar-refractivity contribution in [1.82, 2.24) is 0 Å². The molecule has 0 spiro atoms. The number of aliphatic hydroxyl groups is 1. The molecule has 0 atom stereocenters. The molecule has 0 saturated heterocycles. The highest BCUT2D eigenvalue weighted by Gasteiger charge is 2.47. The van der Waals surface area contributed by atoms with Crippen molar-refractivity contribution in [3.05, 3.63) is 33.9 Å². The molecule has 0 heterocycles. The van der Waals surface area contributed by atoms with Crippen molar-refractivity contribution in [3.8, 4) is 5.75 Å². The highest BCUT2D eigenvalue weighted by molar-refractivity contribution is 5.51. The second-order valence-corrected chi connectivity index (χ2v) is 3.90. The first-order valence-electron chi connectivity index (χ1n) is 4.68. The summed E-state index contributed by atoms with van der Waals surface area (Å²) in [5.74, 6) is -0.00433. The van der Waals surface area contributed by atoms with E-state index in [4.69, 9.17) is 0 Å². The minimum absolute atomic E-state index is 0.00433. The summed E-state index contributed by atoms with van der Waals surface area (Å²) in [6, 6.07) is 3.94. The highest BCUT2D eigenvalue weighted by atomic mass is 16.6. The minimum Gasteiger partial charge on any atom is -0.508 e. The number of phenolic OH excluding ortho intramolecular Hbond substituents is 1. The van der Waals surface area contributed by atoms with Crippen LogP contribution in [0.25, 0.3) is 0 Å². The first-order valence-corrected chi connectivity index (χ1v) is 4.68. The van der Waals surface area contributed by atoms with Crippen LogP contribution in [0.1, 0.15) is 18.4 Å². The van der Waals surface area contributed by atoms with Gasteiger partial charge in [-0.15, -0.1) is 0 Å². The Hall–Kier alpha value is -1.62. The lowest BCUT2D eigenvalue weighted by Gasteiger charge is -2.12. The van der Waals surface area contributed by atoms with Gasteiger partial charge in [-0.25, -0.2) is 0 Å². The molecule has 1 aliphatic rings. The average Bonchev–Trinajstić information content (AvgIpc) is 2.97. The van der Waals surface area contributed by atoms with E-state index in [0.717, 1.165) is 12.8 Å². The van der Waals surface area contributed by atoms with Crippen LogP contribution in [0.2, 0.25) is 0 Å². The van der Waals surface area contributed by atoms with E-state index in [-0.39, 0.29) is 18.0 Å². The molecule has 0 aromatic heterocycles. The van der Waals surface area contributed by atoms with Crippen molar-refractivity contribution in [3.63, 3.8) is 0 Å². The summed E-state index contributed by atoms with van der Waals surface area (Å²) in [6.07, 6.45) is 1.46. The lowest BCUT2D eigenvalue weighted by atomic mass is 9.95. The third-order valence-corrected chi connectivity index (χ3v) is 2.90. The van der Waals surface area contributed by atoms with E-state index in [1.165, 1.54) is 18.2 Å². The molecule has 0 bridgehead atoms. The second kappa shape index (κ2) is 3.20. The molecule has 0 aliphatic heterocycles. The van der Waals surface area contributed by atoms with Gasteiger partial charge in [0.25, 0.3) is 5.69 Å². The SMILES string of the molecule is O=[N+]([O-])c1ccc(O)cc1C1(CO)CC1. The molecule has 1 saturated carbocycles. The molecular formula is C10H11NO4. The molecular weight excluding hydrogens is 198 g/mol. The van der Waals surface area contributed by atoms with Crippen LogP contribution < -0.4 is 0 Å². The molecule has 15 heavy (non-hydrogen) atoms. The molecule has 2 rings (SSSR count). The van der Waals surface area contributed by atoms with Crippen LogP contribution in [0, 0.1) is 10.1 Å². The van der Waals surface area contributed by atoms with Crippen molar-refractivity contribution < 1.29 is 15.1 Å². The third-order valence-electron chi connectivity index (χ3n) is 2.90. The normalized spacial score (nSPS) is 17.4. The summed E-state index contributed by atoms with van der Waals surface area (Å²) in [6.45, 7) is -0.114. The summed E-state index contributed by atoms with van der Waals surface area (Å²) in [5, 5.41) is 29.3. The van der Waals surface area contributed by atoms with Gasteiger partial charge in [-0.3, -0.25) is 10.1 Å². The number of nitro benzene ring substituents is 1. The predicted octanol–water partition coefficient (Wildman–Crippen LogP) is 1.32. The molecule has 80 valence electrons. The number of benzene rings is 1. The fraction of sp³-hybridized carbons (Fsp3) is 0.400. The lowest BCUT2D eigenvalue weighted by molar-refractivity contribution is -0.385. The van der Waals surface area contributed by atoms with Crippen LogP contribution in [-0.4, -0.2) is 21.7 Å². The van der Waals surface area contributed by atoms with Crippen molar-refractivity contribution in [1.29, 1.82) is 0 Å². The summed E-state index contributed by atoms with van der Waals surface area (Å²) in [4.78, 5) is 10.3. The number of hydrogen-bond acceptors (Lipinski definition) is 4. The molecule has 2 N–H and O–H groups in total. The van der Waals surface area contributed by atoms with E-state index >= 15 is 0 Å². The number of nitro groups is 1. The van der Waals surface area contributed by atoms with E-state index in [0.29, 0.717) is 5.56 Å². The number of hydrogen-bond donors (Lipinski definition) is 2. The molecule has 1 aromatic carbocycles. The number of nitrogens with zero attached hydrogens (tertiary/aromatic N) is 1. The van der Waals surface area contributed by atoms with Crippen molar-refractivity contribution in [2.75, 3.05) is 6.61 Å². The highest BCUT2D eigenvalue weighted by Crippen LogP contribution is 2.51. The van der Waals surface area contributed by atoms with Gasteiger partial charge in [0.05, 0.1) is 11.5 Å². The Labute approximate surface area is 86.1 Å². The third kappa shape index (κ3) is 1.55. The van der Waals surface area contributed by atoms with Gasteiger partial charge in [0.15, 0.2) is 0 Å². The number of aliphatic hydroxyl groups excluding tert-OH is 1. The predicted molar refractivity (Wildman–Crippen MR) is 52.8 cm³/mol. The second-order valence-electron chi connectivity index (χ2n) is 3.90. The molecule has 5 heteroatoms. The van der Waals surface area contributed by atoms with Gasteiger partial charge in [-0.1, -0.05) is 0 Å². The van der Waals surface area contributed by atoms with Gasteiger partial charge < -0.3 is 10.2 Å². The number of rotatable bonds is 3. The Balaban J connectivity index is 2.53. The van der Waals surface area contributed by atoms with Gasteiger partial charge in [-0.05, 0) is 25.0 Å². The molecule has 1 aliphatic carbocycles. The van der Waals surface area contributed by atoms with Crippen molar-refractivity contribution in [2.45, 2.75) is 18.3 Å². The van der Waals surface area contributed by atoms with Gasteiger partial charge >= 0.3 is 0 Å². The Kier molecular flexibility index (Phi) is 2.12. The fourth-order valence-corrected chi connectivity index (χ4v) is 1.77. The molecule has 0 amide bonds. The molecule has 0 radical (unpaired) electrons. The lowest BCUT2D eigenvalue weighted by Crippen LogP contribution is -2.14. The molecule has 1 fully saturated rings. The summed E-state index contributed by atoms with van der Waals surface area (Å²) >= 11 is 0. The maximum absolute atomic E-state index is 10.8. The van der Waals surface area contributed by atoms with Gasteiger partial charge in [-0.2, -0.15) is 0 Å². The first-order chi connectivity index (χ1) is 7.09. The Bertz CT molecular complexity index is 412. The first kappa shape index (κ1) is 9.92. The summed E-state index contributed by atoms with van der Waals surface area (Å²) in [7, 11) is 0.